The number of ether oxygens (including phenoxy) is 2. The predicted octanol–water partition coefficient (Wildman–Crippen LogP) is 6.39. The quantitative estimate of drug-likeness (QED) is 0.221. The molecule has 0 fully saturated rings. The molecular weight excluding hydrogens is 514 g/mol. The van der Waals surface area contributed by atoms with Crippen LogP contribution in [0.25, 0.3) is 0 Å². The Bertz CT molecular complexity index is 1500. The molecule has 0 heterocycles. The molecule has 0 aliphatic carbocycles. The van der Waals surface area contributed by atoms with Gasteiger partial charge in [-0.2, -0.15) is 10.2 Å². The van der Waals surface area contributed by atoms with Crippen LogP contribution in [0.4, 0.5) is 11.4 Å². The Kier molecular flexibility index (Phi) is 8.73. The van der Waals surface area contributed by atoms with E-state index in [-0.39, 0.29) is 4.90 Å². The molecule has 0 atom stereocenters. The number of amides is 1. The Labute approximate surface area is 228 Å². The third-order valence-electron chi connectivity index (χ3n) is 5.66. The Morgan fingerprint density at radius 1 is 0.744 bits per heavy atom. The van der Waals surface area contributed by atoms with Gasteiger partial charge in [-0.05, 0) is 80.1 Å². The van der Waals surface area contributed by atoms with Crippen LogP contribution in [0.2, 0.25) is 0 Å². The monoisotopic (exact) mass is 543 g/mol. The summed E-state index contributed by atoms with van der Waals surface area (Å²) in [7, 11) is -4.00. The fourth-order valence-electron chi connectivity index (χ4n) is 3.47. The van der Waals surface area contributed by atoms with Crippen molar-refractivity contribution in [2.45, 2.75) is 30.8 Å². The van der Waals surface area contributed by atoms with E-state index in [2.05, 4.69) is 15.0 Å². The van der Waals surface area contributed by atoms with Crippen LogP contribution in [0.15, 0.2) is 124 Å². The third-order valence-corrected chi connectivity index (χ3v) is 7.00. The number of azo groups is 1. The summed E-state index contributed by atoms with van der Waals surface area (Å²) in [6.45, 7) is 3.49. The number of rotatable bonds is 11. The summed E-state index contributed by atoms with van der Waals surface area (Å²) in [4.78, 5) is 12.7. The summed E-state index contributed by atoms with van der Waals surface area (Å²) >= 11 is 0. The van der Waals surface area contributed by atoms with Gasteiger partial charge in [-0.25, -0.2) is 13.1 Å². The van der Waals surface area contributed by atoms with Gasteiger partial charge in [0.25, 0.3) is 15.9 Å². The first-order chi connectivity index (χ1) is 18.7. The summed E-state index contributed by atoms with van der Waals surface area (Å²) in [5, 5.41) is 8.42. The van der Waals surface area contributed by atoms with Crippen LogP contribution in [0.5, 0.6) is 11.5 Å². The average Bonchev–Trinajstić information content (AvgIpc) is 2.94. The van der Waals surface area contributed by atoms with Crippen molar-refractivity contribution in [3.05, 3.63) is 115 Å². The van der Waals surface area contributed by atoms with Crippen molar-refractivity contribution in [1.29, 1.82) is 0 Å². The molecule has 200 valence electrons. The zero-order chi connectivity index (χ0) is 27.7. The highest BCUT2D eigenvalue weighted by molar-refractivity contribution is 7.90. The van der Waals surface area contributed by atoms with Gasteiger partial charge in [-0.3, -0.25) is 4.79 Å². The van der Waals surface area contributed by atoms with E-state index >= 15 is 0 Å². The first-order valence-corrected chi connectivity index (χ1v) is 13.8. The molecule has 4 rings (SSSR count). The van der Waals surface area contributed by atoms with Gasteiger partial charge < -0.3 is 9.47 Å². The highest BCUT2D eigenvalue weighted by atomic mass is 32.2. The Morgan fingerprint density at radius 2 is 1.28 bits per heavy atom. The van der Waals surface area contributed by atoms with E-state index in [4.69, 9.17) is 9.47 Å². The van der Waals surface area contributed by atoms with E-state index in [1.165, 1.54) is 26.0 Å². The number of hydrogen-bond acceptors (Lipinski definition) is 7. The Morgan fingerprint density at radius 3 is 1.90 bits per heavy atom. The standard InChI is InChI=1S/C30H29N3O5S/c1-30(2,29(34)33-39(35,36)28-11-7-4-8-12-28)38-27-17-13-23(14-18-27)21-22-37-26-19-15-25(16-20-26)32-31-24-9-5-3-6-10-24/h3-20H,21-22H2,1-2H3,(H,33,34). The van der Waals surface area contributed by atoms with Crippen molar-refractivity contribution in [2.75, 3.05) is 6.61 Å². The van der Waals surface area contributed by atoms with Gasteiger partial charge in [-0.1, -0.05) is 48.5 Å². The Hall–Kier alpha value is -4.50. The first-order valence-electron chi connectivity index (χ1n) is 12.3. The highest BCUT2D eigenvalue weighted by Gasteiger charge is 2.33. The van der Waals surface area contributed by atoms with Crippen LogP contribution in [0, 0.1) is 0 Å². The highest BCUT2D eigenvalue weighted by Crippen LogP contribution is 2.23. The number of sulfonamides is 1. The summed E-state index contributed by atoms with van der Waals surface area (Å²) in [5.41, 5.74) is 1.12. The van der Waals surface area contributed by atoms with Crippen LogP contribution in [0.1, 0.15) is 19.4 Å². The van der Waals surface area contributed by atoms with E-state index in [0.29, 0.717) is 18.8 Å². The second-order valence-corrected chi connectivity index (χ2v) is 10.8. The number of hydrogen-bond donors (Lipinski definition) is 1. The maximum absolute atomic E-state index is 12.7. The number of nitrogens with zero attached hydrogens (tertiary/aromatic N) is 2. The minimum Gasteiger partial charge on any atom is -0.493 e. The first kappa shape index (κ1) is 27.5. The van der Waals surface area contributed by atoms with Crippen molar-refractivity contribution in [3.63, 3.8) is 0 Å². The average molecular weight is 544 g/mol. The van der Waals surface area contributed by atoms with E-state index in [1.54, 1.807) is 30.3 Å². The summed E-state index contributed by atoms with van der Waals surface area (Å²) in [6, 6.07) is 31.8. The number of benzene rings is 4. The molecule has 4 aromatic rings. The normalized spacial score (nSPS) is 11.7. The van der Waals surface area contributed by atoms with Crippen molar-refractivity contribution in [3.8, 4) is 11.5 Å². The molecule has 39 heavy (non-hydrogen) atoms. The van der Waals surface area contributed by atoms with E-state index < -0.39 is 21.5 Å². The molecule has 0 aliphatic heterocycles. The lowest BCUT2D eigenvalue weighted by Gasteiger charge is -2.25. The van der Waals surface area contributed by atoms with Gasteiger partial charge >= 0.3 is 0 Å². The van der Waals surface area contributed by atoms with Gasteiger partial charge in [0.05, 0.1) is 22.9 Å². The molecule has 1 amide bonds. The lowest BCUT2D eigenvalue weighted by molar-refractivity contribution is -0.132. The van der Waals surface area contributed by atoms with Crippen molar-refractivity contribution >= 4 is 27.3 Å². The zero-order valence-corrected chi connectivity index (χ0v) is 22.5. The van der Waals surface area contributed by atoms with Gasteiger partial charge in [0, 0.05) is 6.42 Å². The molecule has 4 aromatic carbocycles. The van der Waals surface area contributed by atoms with Crippen LogP contribution in [-0.4, -0.2) is 26.5 Å². The molecule has 0 aliphatic rings. The van der Waals surface area contributed by atoms with Crippen molar-refractivity contribution in [1.82, 2.24) is 4.72 Å². The van der Waals surface area contributed by atoms with Gasteiger partial charge in [0.2, 0.25) is 0 Å². The molecular formula is C30H29N3O5S. The van der Waals surface area contributed by atoms with Crippen molar-refractivity contribution < 1.29 is 22.7 Å². The maximum Gasteiger partial charge on any atom is 0.277 e. The minimum atomic E-state index is -4.00. The minimum absolute atomic E-state index is 0.00485. The van der Waals surface area contributed by atoms with Gasteiger partial charge in [0.15, 0.2) is 5.60 Å². The molecule has 0 saturated carbocycles. The predicted molar refractivity (Wildman–Crippen MR) is 149 cm³/mol. The fourth-order valence-corrected chi connectivity index (χ4v) is 4.60. The van der Waals surface area contributed by atoms with Crippen LogP contribution >= 0.6 is 0 Å². The van der Waals surface area contributed by atoms with Crippen molar-refractivity contribution in [2.24, 2.45) is 10.2 Å². The third kappa shape index (κ3) is 7.99. The molecule has 0 spiro atoms. The van der Waals surface area contributed by atoms with Crippen LogP contribution in [-0.2, 0) is 21.2 Å². The fraction of sp³-hybridized carbons (Fsp3) is 0.167. The van der Waals surface area contributed by atoms with E-state index in [1.807, 2.05) is 66.7 Å². The largest absolute Gasteiger partial charge is 0.493 e. The molecule has 9 heteroatoms. The second kappa shape index (κ2) is 12.4. The molecule has 0 saturated heterocycles. The molecule has 0 bridgehead atoms. The lowest BCUT2D eigenvalue weighted by atomic mass is 10.1. The summed E-state index contributed by atoms with van der Waals surface area (Å²) in [6.07, 6.45) is 0.662. The molecule has 0 aromatic heterocycles. The molecule has 8 nitrogen and oxygen atoms in total. The smallest absolute Gasteiger partial charge is 0.277 e. The van der Waals surface area contributed by atoms with Crippen LogP contribution in [0.3, 0.4) is 0 Å². The second-order valence-electron chi connectivity index (χ2n) is 9.13. The molecule has 0 unspecified atom stereocenters. The summed E-state index contributed by atoms with van der Waals surface area (Å²) in [5.74, 6) is 0.403. The number of carbonyl (C=O) groups excluding carboxylic acids is 1. The SMILES string of the molecule is CC(C)(Oc1ccc(CCOc2ccc(N=Nc3ccccc3)cc2)cc1)C(=O)NS(=O)(=O)c1ccccc1. The topological polar surface area (TPSA) is 106 Å². The van der Waals surface area contributed by atoms with E-state index in [9.17, 15) is 13.2 Å². The molecule has 1 N–H and O–H groups in total. The zero-order valence-electron chi connectivity index (χ0n) is 21.7. The summed E-state index contributed by atoms with van der Waals surface area (Å²) < 4.78 is 38.7. The van der Waals surface area contributed by atoms with Crippen LogP contribution < -0.4 is 14.2 Å². The molecule has 0 radical (unpaired) electrons. The van der Waals surface area contributed by atoms with Gasteiger partial charge in [0.1, 0.15) is 11.5 Å². The number of carbonyl (C=O) groups is 1. The lowest BCUT2D eigenvalue weighted by Crippen LogP contribution is -2.48. The maximum atomic E-state index is 12.7. The Balaban J connectivity index is 1.25. The van der Waals surface area contributed by atoms with E-state index in [0.717, 1.165) is 22.7 Å². The van der Waals surface area contributed by atoms with Gasteiger partial charge in [-0.15, -0.1) is 0 Å². The number of nitrogens with one attached hydrogen (secondary N) is 1.